The number of likely N-dealkylation sites (tertiary alicyclic amines) is 1. The second-order valence-electron chi connectivity index (χ2n) is 6.93. The molecule has 0 aromatic heterocycles. The maximum absolute atomic E-state index is 12.6. The number of halogens is 1. The van der Waals surface area contributed by atoms with E-state index in [0.717, 1.165) is 19.4 Å². The third-order valence-corrected chi connectivity index (χ3v) is 4.08. The number of nitrogens with one attached hydrogen (secondary N) is 1. The third kappa shape index (κ3) is 6.33. The van der Waals surface area contributed by atoms with Crippen molar-refractivity contribution in [1.82, 2.24) is 10.2 Å². The quantitative estimate of drug-likeness (QED) is 0.775. The highest BCUT2D eigenvalue weighted by Gasteiger charge is 2.34. The molecule has 1 fully saturated rings. The number of methoxy groups -OCH3 is 1. The molecule has 0 bridgehead atoms. The normalized spacial score (nSPS) is 19.5. The number of hydrogen-bond acceptors (Lipinski definition) is 4. The van der Waals surface area contributed by atoms with E-state index >= 15 is 0 Å². The van der Waals surface area contributed by atoms with E-state index in [0.29, 0.717) is 6.61 Å². The predicted molar refractivity (Wildman–Crippen MR) is 84.9 cm³/mol. The van der Waals surface area contributed by atoms with Crippen LogP contribution in [-0.4, -0.2) is 62.5 Å². The average molecular weight is 332 g/mol. The molecular weight excluding hydrogens is 303 g/mol. The van der Waals surface area contributed by atoms with Crippen molar-refractivity contribution in [1.29, 1.82) is 0 Å². The van der Waals surface area contributed by atoms with E-state index in [1.165, 1.54) is 0 Å². The summed E-state index contributed by atoms with van der Waals surface area (Å²) in [5.74, 6) is -0.00438. The van der Waals surface area contributed by atoms with Gasteiger partial charge in [-0.25, -0.2) is 9.18 Å². The van der Waals surface area contributed by atoms with E-state index in [1.54, 1.807) is 7.11 Å². The van der Waals surface area contributed by atoms with Crippen LogP contribution in [0.15, 0.2) is 0 Å². The lowest BCUT2D eigenvalue weighted by molar-refractivity contribution is -0.134. The van der Waals surface area contributed by atoms with Gasteiger partial charge >= 0.3 is 6.09 Å². The van der Waals surface area contributed by atoms with E-state index in [-0.39, 0.29) is 36.4 Å². The molecule has 7 heteroatoms. The molecule has 1 heterocycles. The van der Waals surface area contributed by atoms with Crippen molar-refractivity contribution < 1.29 is 23.5 Å². The Morgan fingerprint density at radius 1 is 1.39 bits per heavy atom. The predicted octanol–water partition coefficient (Wildman–Crippen LogP) is 2.12. The number of alkyl carbamates (subject to hydrolysis) is 1. The smallest absolute Gasteiger partial charge is 0.407 e. The Balaban J connectivity index is 2.66. The molecule has 1 aliphatic rings. The van der Waals surface area contributed by atoms with Crippen molar-refractivity contribution in [2.24, 2.45) is 5.41 Å². The first kappa shape index (κ1) is 19.7. The zero-order chi connectivity index (χ0) is 17.5. The molecule has 0 aliphatic carbocycles. The van der Waals surface area contributed by atoms with Gasteiger partial charge in [0, 0.05) is 26.1 Å². The zero-order valence-electron chi connectivity index (χ0n) is 14.6. The number of carbonyl (C=O) groups excluding carboxylic acids is 2. The van der Waals surface area contributed by atoms with Crippen LogP contribution in [0.25, 0.3) is 0 Å². The summed E-state index contributed by atoms with van der Waals surface area (Å²) < 4.78 is 22.0. The summed E-state index contributed by atoms with van der Waals surface area (Å²) in [6.07, 6.45) is 1.40. The van der Waals surface area contributed by atoms with Crippen LogP contribution in [0, 0.1) is 5.41 Å². The second kappa shape index (κ2) is 9.05. The van der Waals surface area contributed by atoms with Crippen LogP contribution in [0.1, 0.15) is 40.0 Å². The van der Waals surface area contributed by atoms with Gasteiger partial charge in [0.15, 0.2) is 0 Å². The summed E-state index contributed by atoms with van der Waals surface area (Å²) in [5.41, 5.74) is -0.319. The standard InChI is InChI=1S/C16H29FN2O4/c1-16(2,3)13(18-15(21)23-9-7-17)10-14(20)19-8-5-6-12(19)11-22-4/h12-13H,5-11H2,1-4H3,(H,18,21)/t12?,13-/m1/s1. The molecule has 0 aromatic rings. The maximum atomic E-state index is 12.6. The lowest BCUT2D eigenvalue weighted by atomic mass is 9.84. The number of ether oxygens (including phenoxy) is 2. The fourth-order valence-corrected chi connectivity index (χ4v) is 2.71. The van der Waals surface area contributed by atoms with E-state index < -0.39 is 12.8 Å². The Morgan fingerprint density at radius 2 is 2.09 bits per heavy atom. The molecule has 1 aliphatic heterocycles. The van der Waals surface area contributed by atoms with Gasteiger partial charge in [0.05, 0.1) is 12.6 Å². The second-order valence-corrected chi connectivity index (χ2v) is 6.93. The monoisotopic (exact) mass is 332 g/mol. The number of hydrogen-bond donors (Lipinski definition) is 1. The highest BCUT2D eigenvalue weighted by molar-refractivity contribution is 5.78. The number of nitrogens with zero attached hydrogens (tertiary/aromatic N) is 1. The highest BCUT2D eigenvalue weighted by atomic mass is 19.1. The summed E-state index contributed by atoms with van der Waals surface area (Å²) in [4.78, 5) is 26.1. The summed E-state index contributed by atoms with van der Waals surface area (Å²) >= 11 is 0. The third-order valence-electron chi connectivity index (χ3n) is 4.08. The lowest BCUT2D eigenvalue weighted by Crippen LogP contribution is -2.48. The molecule has 1 N–H and O–H groups in total. The molecule has 0 spiro atoms. The largest absolute Gasteiger partial charge is 0.447 e. The summed E-state index contributed by atoms with van der Waals surface area (Å²) in [6.45, 7) is 6.07. The van der Waals surface area contributed by atoms with Gasteiger partial charge in [-0.2, -0.15) is 0 Å². The number of carbonyl (C=O) groups is 2. The van der Waals surface area contributed by atoms with Gasteiger partial charge in [0.25, 0.3) is 0 Å². The van der Waals surface area contributed by atoms with Crippen LogP contribution in [0.3, 0.4) is 0 Å². The fraction of sp³-hybridized carbons (Fsp3) is 0.875. The van der Waals surface area contributed by atoms with E-state index in [4.69, 9.17) is 9.47 Å². The Labute approximate surface area is 137 Å². The van der Waals surface area contributed by atoms with Gasteiger partial charge < -0.3 is 19.7 Å². The molecule has 2 amide bonds. The van der Waals surface area contributed by atoms with Crippen LogP contribution in [-0.2, 0) is 14.3 Å². The van der Waals surface area contributed by atoms with Crippen molar-refractivity contribution in [3.8, 4) is 0 Å². The first-order chi connectivity index (χ1) is 10.8. The molecule has 1 unspecified atom stereocenters. The minimum atomic E-state index is -0.723. The van der Waals surface area contributed by atoms with Crippen LogP contribution >= 0.6 is 0 Å². The lowest BCUT2D eigenvalue weighted by Gasteiger charge is -2.33. The molecule has 2 atom stereocenters. The zero-order valence-corrected chi connectivity index (χ0v) is 14.6. The molecule has 134 valence electrons. The fourth-order valence-electron chi connectivity index (χ4n) is 2.71. The minimum absolute atomic E-state index is 0.00438. The molecule has 1 saturated heterocycles. The topological polar surface area (TPSA) is 67.9 Å². The van der Waals surface area contributed by atoms with E-state index in [9.17, 15) is 14.0 Å². The molecule has 0 saturated carbocycles. The first-order valence-electron chi connectivity index (χ1n) is 8.07. The van der Waals surface area contributed by atoms with Crippen molar-refractivity contribution in [2.75, 3.05) is 33.5 Å². The molecule has 6 nitrogen and oxygen atoms in total. The summed E-state index contributed by atoms with van der Waals surface area (Å²) in [6, 6.07) is -0.280. The van der Waals surface area contributed by atoms with Gasteiger partial charge in [0.1, 0.15) is 13.3 Å². The van der Waals surface area contributed by atoms with Gasteiger partial charge in [-0.1, -0.05) is 20.8 Å². The van der Waals surface area contributed by atoms with Crippen molar-refractivity contribution in [3.05, 3.63) is 0 Å². The van der Waals surface area contributed by atoms with Crippen LogP contribution in [0.2, 0.25) is 0 Å². The van der Waals surface area contributed by atoms with Crippen LogP contribution < -0.4 is 5.32 Å². The summed E-state index contributed by atoms with van der Waals surface area (Å²) in [7, 11) is 1.63. The average Bonchev–Trinajstić information content (AvgIpc) is 2.92. The maximum Gasteiger partial charge on any atom is 0.407 e. The Hall–Kier alpha value is -1.37. The van der Waals surface area contributed by atoms with Gasteiger partial charge in [0.2, 0.25) is 5.91 Å². The van der Waals surface area contributed by atoms with E-state index in [2.05, 4.69) is 5.32 Å². The van der Waals surface area contributed by atoms with Gasteiger partial charge in [-0.3, -0.25) is 4.79 Å². The van der Waals surface area contributed by atoms with Gasteiger partial charge in [-0.05, 0) is 18.3 Å². The Bertz CT molecular complexity index is 398. The van der Waals surface area contributed by atoms with Crippen molar-refractivity contribution in [2.45, 2.75) is 52.1 Å². The minimum Gasteiger partial charge on any atom is -0.447 e. The number of amides is 2. The number of rotatable bonds is 7. The number of alkyl halides is 1. The molecule has 1 rings (SSSR count). The highest BCUT2D eigenvalue weighted by Crippen LogP contribution is 2.25. The van der Waals surface area contributed by atoms with Crippen LogP contribution in [0.5, 0.6) is 0 Å². The van der Waals surface area contributed by atoms with Crippen LogP contribution in [0.4, 0.5) is 9.18 Å². The summed E-state index contributed by atoms with van der Waals surface area (Å²) in [5, 5.41) is 2.69. The van der Waals surface area contributed by atoms with Crippen molar-refractivity contribution >= 4 is 12.0 Å². The Kier molecular flexibility index (Phi) is 7.75. The molecule has 0 radical (unpaired) electrons. The Morgan fingerprint density at radius 3 is 2.65 bits per heavy atom. The van der Waals surface area contributed by atoms with E-state index in [1.807, 2.05) is 25.7 Å². The SMILES string of the molecule is COCC1CCCN1C(=O)C[C@@H](NC(=O)OCCF)C(C)(C)C. The van der Waals surface area contributed by atoms with Gasteiger partial charge in [-0.15, -0.1) is 0 Å². The molecule has 23 heavy (non-hydrogen) atoms. The first-order valence-corrected chi connectivity index (χ1v) is 8.07. The molecular formula is C16H29FN2O4. The van der Waals surface area contributed by atoms with Crippen molar-refractivity contribution in [3.63, 3.8) is 0 Å². The molecule has 0 aromatic carbocycles.